The lowest BCUT2D eigenvalue weighted by molar-refractivity contribution is -0.167. The Bertz CT molecular complexity index is 1290. The Morgan fingerprint density at radius 2 is 0.565 bits per heavy atom. The molecule has 0 amide bonds. The van der Waals surface area contributed by atoms with Gasteiger partial charge in [-0.2, -0.15) is 0 Å². The first-order chi connectivity index (χ1) is 34.0. The standard InChI is InChI=1S/C63H110O6/c1-4-7-10-13-15-17-19-21-23-25-27-29-30-31-32-34-35-37-39-41-43-45-47-50-53-56-62(65)68-59-60(58-67-61(64)55-52-49-12-9-6-3)69-63(66)57-54-51-48-46-44-42-40-38-36-33-28-26-24-22-20-18-16-14-11-8-5-2/h7,10,15,17,21,23,26-29,31-32,60H,4-6,8-9,11-14,16,18-20,22,24-25,30,33-59H2,1-3H3/b10-7-,17-15-,23-21-,28-26-,29-27-,32-31-. The molecule has 0 aliphatic rings. The van der Waals surface area contributed by atoms with Crippen molar-refractivity contribution in [3.63, 3.8) is 0 Å². The first-order valence-electron chi connectivity index (χ1n) is 29.4. The summed E-state index contributed by atoms with van der Waals surface area (Å²) >= 11 is 0. The van der Waals surface area contributed by atoms with Crippen LogP contribution in [0.4, 0.5) is 0 Å². The lowest BCUT2D eigenvalue weighted by Gasteiger charge is -2.18. The van der Waals surface area contributed by atoms with Crippen molar-refractivity contribution in [1.29, 1.82) is 0 Å². The normalized spacial score (nSPS) is 12.6. The molecule has 1 unspecified atom stereocenters. The van der Waals surface area contributed by atoms with Gasteiger partial charge >= 0.3 is 17.9 Å². The Morgan fingerprint density at radius 1 is 0.304 bits per heavy atom. The molecule has 0 spiro atoms. The summed E-state index contributed by atoms with van der Waals surface area (Å²) in [7, 11) is 0. The molecule has 1 atom stereocenters. The van der Waals surface area contributed by atoms with Crippen LogP contribution in [-0.4, -0.2) is 37.2 Å². The van der Waals surface area contributed by atoms with Crippen molar-refractivity contribution in [2.45, 2.75) is 297 Å². The van der Waals surface area contributed by atoms with Crippen LogP contribution in [0.15, 0.2) is 72.9 Å². The van der Waals surface area contributed by atoms with E-state index in [0.29, 0.717) is 19.3 Å². The highest BCUT2D eigenvalue weighted by atomic mass is 16.6. The predicted molar refractivity (Wildman–Crippen MR) is 298 cm³/mol. The average Bonchev–Trinajstić information content (AvgIpc) is 3.35. The molecule has 0 bridgehead atoms. The van der Waals surface area contributed by atoms with Gasteiger partial charge in [0.2, 0.25) is 0 Å². The van der Waals surface area contributed by atoms with Crippen LogP contribution in [0, 0.1) is 0 Å². The van der Waals surface area contributed by atoms with Crippen LogP contribution in [0.1, 0.15) is 290 Å². The number of hydrogen-bond acceptors (Lipinski definition) is 6. The predicted octanol–water partition coefficient (Wildman–Crippen LogP) is 19.8. The van der Waals surface area contributed by atoms with Gasteiger partial charge in [0.25, 0.3) is 0 Å². The zero-order valence-corrected chi connectivity index (χ0v) is 45.6. The minimum atomic E-state index is -0.775. The van der Waals surface area contributed by atoms with Crippen molar-refractivity contribution >= 4 is 17.9 Å². The first kappa shape index (κ1) is 65.8. The van der Waals surface area contributed by atoms with E-state index in [9.17, 15) is 14.4 Å². The van der Waals surface area contributed by atoms with Crippen LogP contribution in [-0.2, 0) is 28.6 Å². The Kier molecular flexibility index (Phi) is 54.8. The van der Waals surface area contributed by atoms with Gasteiger partial charge in [-0.3, -0.25) is 14.4 Å². The fourth-order valence-corrected chi connectivity index (χ4v) is 8.29. The SMILES string of the molecule is CC/C=C\C/C=C\C/C=C\C/C=C\C/C=C\CCCCCCCCCCCC(=O)OCC(COC(=O)CCCCCCC)OC(=O)CCCCCCCCCCC/C=C\CCCCCCCCCC. The third-order valence-corrected chi connectivity index (χ3v) is 12.7. The summed E-state index contributed by atoms with van der Waals surface area (Å²) in [6.07, 6.45) is 73.7. The zero-order chi connectivity index (χ0) is 50.0. The van der Waals surface area contributed by atoms with E-state index >= 15 is 0 Å². The Hall–Kier alpha value is -3.15. The summed E-state index contributed by atoms with van der Waals surface area (Å²) in [5.41, 5.74) is 0. The second-order valence-corrected chi connectivity index (χ2v) is 19.5. The number of esters is 3. The van der Waals surface area contributed by atoms with Crippen LogP contribution in [0.5, 0.6) is 0 Å². The monoisotopic (exact) mass is 963 g/mol. The van der Waals surface area contributed by atoms with E-state index < -0.39 is 6.10 Å². The molecule has 0 radical (unpaired) electrons. The number of ether oxygens (including phenoxy) is 3. The number of hydrogen-bond donors (Lipinski definition) is 0. The fraction of sp³-hybridized carbons (Fsp3) is 0.762. The molecule has 0 aromatic heterocycles. The molecule has 0 N–H and O–H groups in total. The summed E-state index contributed by atoms with van der Waals surface area (Å²) in [6.45, 7) is 6.46. The van der Waals surface area contributed by atoms with Gasteiger partial charge in [0.05, 0.1) is 0 Å². The molecule has 0 aromatic rings. The van der Waals surface area contributed by atoms with Crippen LogP contribution in [0.25, 0.3) is 0 Å². The molecule has 69 heavy (non-hydrogen) atoms. The number of carbonyl (C=O) groups excluding carboxylic acids is 3. The van der Waals surface area contributed by atoms with E-state index in [2.05, 4.69) is 93.7 Å². The number of allylic oxidation sites excluding steroid dienone is 12. The second-order valence-electron chi connectivity index (χ2n) is 19.5. The summed E-state index contributed by atoms with van der Waals surface area (Å²) in [5.74, 6) is -0.891. The van der Waals surface area contributed by atoms with Gasteiger partial charge in [0.15, 0.2) is 6.10 Å². The van der Waals surface area contributed by atoms with Crippen molar-refractivity contribution in [2.75, 3.05) is 13.2 Å². The maximum Gasteiger partial charge on any atom is 0.306 e. The minimum absolute atomic E-state index is 0.0776. The first-order valence-corrected chi connectivity index (χ1v) is 29.4. The number of unbranched alkanes of at least 4 members (excludes halogenated alkanes) is 30. The largest absolute Gasteiger partial charge is 0.462 e. The fourth-order valence-electron chi connectivity index (χ4n) is 8.29. The van der Waals surface area contributed by atoms with Crippen LogP contribution < -0.4 is 0 Å². The topological polar surface area (TPSA) is 78.9 Å². The molecule has 0 saturated carbocycles. The highest BCUT2D eigenvalue weighted by Crippen LogP contribution is 2.16. The molecule has 0 aliphatic carbocycles. The van der Waals surface area contributed by atoms with Crippen LogP contribution >= 0.6 is 0 Å². The third-order valence-electron chi connectivity index (χ3n) is 12.7. The summed E-state index contributed by atoms with van der Waals surface area (Å²) < 4.78 is 16.7. The molecule has 0 aliphatic heterocycles. The number of carbonyl (C=O) groups is 3. The van der Waals surface area contributed by atoms with Gasteiger partial charge in [0.1, 0.15) is 13.2 Å². The van der Waals surface area contributed by atoms with E-state index in [-0.39, 0.29) is 31.1 Å². The molecular formula is C63H110O6. The molecule has 6 heteroatoms. The van der Waals surface area contributed by atoms with Crippen molar-refractivity contribution in [3.8, 4) is 0 Å². The lowest BCUT2D eigenvalue weighted by Crippen LogP contribution is -2.30. The Morgan fingerprint density at radius 3 is 0.899 bits per heavy atom. The van der Waals surface area contributed by atoms with Crippen molar-refractivity contribution in [2.24, 2.45) is 0 Å². The van der Waals surface area contributed by atoms with Crippen LogP contribution in [0.3, 0.4) is 0 Å². The van der Waals surface area contributed by atoms with Gasteiger partial charge < -0.3 is 14.2 Å². The van der Waals surface area contributed by atoms with E-state index in [1.165, 1.54) is 148 Å². The summed E-state index contributed by atoms with van der Waals surface area (Å²) in [4.78, 5) is 37.8. The van der Waals surface area contributed by atoms with Gasteiger partial charge in [-0.15, -0.1) is 0 Å². The van der Waals surface area contributed by atoms with E-state index in [0.717, 1.165) is 103 Å². The smallest absolute Gasteiger partial charge is 0.306 e. The molecular weight excluding hydrogens is 853 g/mol. The van der Waals surface area contributed by atoms with E-state index in [1.54, 1.807) is 0 Å². The molecule has 0 saturated heterocycles. The third kappa shape index (κ3) is 55.6. The summed E-state index contributed by atoms with van der Waals surface area (Å²) in [6, 6.07) is 0. The van der Waals surface area contributed by atoms with Crippen LogP contribution in [0.2, 0.25) is 0 Å². The average molecular weight is 964 g/mol. The Balaban J connectivity index is 4.09. The van der Waals surface area contributed by atoms with Crippen molar-refractivity contribution in [1.82, 2.24) is 0 Å². The summed E-state index contributed by atoms with van der Waals surface area (Å²) in [5, 5.41) is 0. The lowest BCUT2D eigenvalue weighted by atomic mass is 10.1. The highest BCUT2D eigenvalue weighted by Gasteiger charge is 2.19. The van der Waals surface area contributed by atoms with E-state index in [1.807, 2.05) is 0 Å². The minimum Gasteiger partial charge on any atom is -0.462 e. The molecule has 0 aromatic carbocycles. The molecule has 0 rings (SSSR count). The molecule has 398 valence electrons. The maximum absolute atomic E-state index is 12.8. The van der Waals surface area contributed by atoms with Gasteiger partial charge in [-0.05, 0) is 89.9 Å². The number of rotatable bonds is 53. The molecule has 6 nitrogen and oxygen atoms in total. The van der Waals surface area contributed by atoms with Crippen molar-refractivity contribution < 1.29 is 28.6 Å². The van der Waals surface area contributed by atoms with Gasteiger partial charge in [-0.25, -0.2) is 0 Å². The van der Waals surface area contributed by atoms with Crippen molar-refractivity contribution in [3.05, 3.63) is 72.9 Å². The zero-order valence-electron chi connectivity index (χ0n) is 45.6. The van der Waals surface area contributed by atoms with E-state index in [4.69, 9.17) is 14.2 Å². The molecule has 0 fully saturated rings. The molecule has 0 heterocycles. The Labute approximate surface area is 427 Å². The second kappa shape index (κ2) is 57.4. The highest BCUT2D eigenvalue weighted by molar-refractivity contribution is 5.71. The van der Waals surface area contributed by atoms with Gasteiger partial charge in [-0.1, -0.05) is 254 Å². The maximum atomic E-state index is 12.8. The quantitative estimate of drug-likeness (QED) is 0.0262. The van der Waals surface area contributed by atoms with Gasteiger partial charge in [0, 0.05) is 19.3 Å².